The first-order valence-electron chi connectivity index (χ1n) is 6.64. The number of nitrogens with one attached hydrogen (secondary N) is 1. The molecule has 1 amide bonds. The molecule has 1 rings (SSSR count). The zero-order valence-corrected chi connectivity index (χ0v) is 10.9. The molecule has 0 aromatic rings. The van der Waals surface area contributed by atoms with E-state index in [-0.39, 0.29) is 12.5 Å². The Morgan fingerprint density at radius 2 is 1.94 bits per heavy atom. The average molecular weight is 257 g/mol. The van der Waals surface area contributed by atoms with Crippen molar-refractivity contribution in [3.63, 3.8) is 0 Å². The number of rotatable bonds is 7. The van der Waals surface area contributed by atoms with Gasteiger partial charge in [-0.1, -0.05) is 25.7 Å². The fraction of sp³-hybridized carbons (Fsp3) is 0.846. The van der Waals surface area contributed by atoms with Gasteiger partial charge in [-0.05, 0) is 25.7 Å². The normalized spacial score (nSPS) is 19.4. The second-order valence-corrected chi connectivity index (χ2v) is 5.40. The van der Waals surface area contributed by atoms with Crippen molar-refractivity contribution >= 4 is 11.9 Å². The van der Waals surface area contributed by atoms with Crippen molar-refractivity contribution in [3.8, 4) is 0 Å². The largest absolute Gasteiger partial charge is 0.479 e. The van der Waals surface area contributed by atoms with Crippen LogP contribution < -0.4 is 5.32 Å². The molecule has 1 fully saturated rings. The lowest BCUT2D eigenvalue weighted by Gasteiger charge is -2.18. The van der Waals surface area contributed by atoms with Gasteiger partial charge in [0.15, 0.2) is 5.60 Å². The Balaban J connectivity index is 2.11. The van der Waals surface area contributed by atoms with E-state index < -0.39 is 11.6 Å². The van der Waals surface area contributed by atoms with Gasteiger partial charge >= 0.3 is 5.97 Å². The fourth-order valence-corrected chi connectivity index (χ4v) is 2.29. The van der Waals surface area contributed by atoms with Crippen LogP contribution in [0.5, 0.6) is 0 Å². The number of amides is 1. The molecule has 0 heterocycles. The van der Waals surface area contributed by atoms with Crippen molar-refractivity contribution in [2.24, 2.45) is 5.92 Å². The summed E-state index contributed by atoms with van der Waals surface area (Å²) in [5.41, 5.74) is -1.89. The lowest BCUT2D eigenvalue weighted by atomic mass is 10.0. The van der Waals surface area contributed by atoms with Crippen molar-refractivity contribution in [3.05, 3.63) is 0 Å². The number of carboxylic acid groups (broad SMARTS) is 1. The Kier molecular flexibility index (Phi) is 5.59. The van der Waals surface area contributed by atoms with Crippen LogP contribution in [0.1, 0.15) is 51.9 Å². The first-order valence-corrected chi connectivity index (χ1v) is 6.64. The molecule has 1 unspecified atom stereocenters. The lowest BCUT2D eigenvalue weighted by Crippen LogP contribution is -2.46. The lowest BCUT2D eigenvalue weighted by molar-refractivity contribution is -0.156. The number of carbonyl (C=O) groups excluding carboxylic acids is 1. The van der Waals surface area contributed by atoms with Crippen molar-refractivity contribution in [2.75, 3.05) is 6.54 Å². The van der Waals surface area contributed by atoms with Crippen LogP contribution in [-0.2, 0) is 9.59 Å². The van der Waals surface area contributed by atoms with Gasteiger partial charge in [0.2, 0.25) is 5.91 Å². The molecule has 1 saturated carbocycles. The van der Waals surface area contributed by atoms with Crippen molar-refractivity contribution < 1.29 is 19.8 Å². The zero-order valence-electron chi connectivity index (χ0n) is 10.9. The highest BCUT2D eigenvalue weighted by Gasteiger charge is 2.30. The van der Waals surface area contributed by atoms with E-state index in [0.29, 0.717) is 6.42 Å². The van der Waals surface area contributed by atoms with E-state index in [1.165, 1.54) is 32.6 Å². The standard InChI is InChI=1S/C13H23NO4/c1-13(18,12(16)17)9-14-11(15)8-4-7-10-5-2-3-6-10/h10,18H,2-9H2,1H3,(H,14,15)(H,16,17). The molecule has 1 aliphatic carbocycles. The first-order chi connectivity index (χ1) is 8.42. The van der Waals surface area contributed by atoms with E-state index in [9.17, 15) is 14.7 Å². The molecule has 5 heteroatoms. The highest BCUT2D eigenvalue weighted by atomic mass is 16.4. The molecule has 0 saturated heterocycles. The highest BCUT2D eigenvalue weighted by Crippen LogP contribution is 2.28. The maximum Gasteiger partial charge on any atom is 0.337 e. The van der Waals surface area contributed by atoms with Gasteiger partial charge in [0, 0.05) is 6.42 Å². The second kappa shape index (κ2) is 6.73. The smallest absolute Gasteiger partial charge is 0.337 e. The molecule has 0 bridgehead atoms. The predicted molar refractivity (Wildman–Crippen MR) is 67.1 cm³/mol. The number of aliphatic carboxylic acids is 1. The maximum atomic E-state index is 11.5. The molecule has 0 aromatic carbocycles. The molecule has 3 N–H and O–H groups in total. The van der Waals surface area contributed by atoms with Gasteiger partial charge in [-0.3, -0.25) is 4.79 Å². The van der Waals surface area contributed by atoms with Crippen LogP contribution >= 0.6 is 0 Å². The quantitative estimate of drug-likeness (QED) is 0.641. The summed E-state index contributed by atoms with van der Waals surface area (Å²) in [6.07, 6.45) is 7.47. The van der Waals surface area contributed by atoms with Crippen molar-refractivity contribution in [1.82, 2.24) is 5.32 Å². The van der Waals surface area contributed by atoms with Crippen LogP contribution in [0.3, 0.4) is 0 Å². The fourth-order valence-electron chi connectivity index (χ4n) is 2.29. The van der Waals surface area contributed by atoms with Crippen molar-refractivity contribution in [1.29, 1.82) is 0 Å². The third kappa shape index (κ3) is 5.04. The van der Waals surface area contributed by atoms with Crippen LogP contribution in [0.4, 0.5) is 0 Å². The van der Waals surface area contributed by atoms with Crippen LogP contribution in [0, 0.1) is 5.92 Å². The Bertz CT molecular complexity index is 295. The SMILES string of the molecule is CC(O)(CNC(=O)CCCC1CCCC1)C(=O)O. The van der Waals surface area contributed by atoms with Gasteiger partial charge in [-0.15, -0.1) is 0 Å². The Morgan fingerprint density at radius 1 is 1.33 bits per heavy atom. The summed E-state index contributed by atoms with van der Waals surface area (Å²) < 4.78 is 0. The number of hydrogen-bond acceptors (Lipinski definition) is 3. The minimum absolute atomic E-state index is 0.186. The predicted octanol–water partition coefficient (Wildman–Crippen LogP) is 1.30. The Labute approximate surface area is 108 Å². The minimum Gasteiger partial charge on any atom is -0.479 e. The number of hydrogen-bond donors (Lipinski definition) is 3. The topological polar surface area (TPSA) is 86.6 Å². The Morgan fingerprint density at radius 3 is 2.50 bits per heavy atom. The molecular formula is C13H23NO4. The maximum absolute atomic E-state index is 11.5. The summed E-state index contributed by atoms with van der Waals surface area (Å²) in [5, 5.41) is 20.6. The van der Waals surface area contributed by atoms with Crippen LogP contribution in [0.25, 0.3) is 0 Å². The molecule has 0 spiro atoms. The number of carboxylic acids is 1. The highest BCUT2D eigenvalue weighted by molar-refractivity contribution is 5.80. The van der Waals surface area contributed by atoms with E-state index in [4.69, 9.17) is 5.11 Å². The van der Waals surface area contributed by atoms with E-state index >= 15 is 0 Å². The molecule has 104 valence electrons. The minimum atomic E-state index is -1.89. The summed E-state index contributed by atoms with van der Waals surface area (Å²) in [6.45, 7) is 0.929. The molecule has 5 nitrogen and oxygen atoms in total. The zero-order chi connectivity index (χ0) is 13.6. The van der Waals surface area contributed by atoms with E-state index in [0.717, 1.165) is 18.8 Å². The number of aliphatic hydroxyl groups is 1. The van der Waals surface area contributed by atoms with Crippen LogP contribution in [0.2, 0.25) is 0 Å². The molecule has 1 aliphatic rings. The summed E-state index contributed by atoms with van der Waals surface area (Å²) >= 11 is 0. The van der Waals surface area contributed by atoms with Gasteiger partial charge in [0.05, 0.1) is 6.54 Å². The van der Waals surface area contributed by atoms with E-state index in [1.807, 2.05) is 0 Å². The summed E-state index contributed by atoms with van der Waals surface area (Å²) in [4.78, 5) is 22.1. The third-order valence-corrected chi connectivity index (χ3v) is 3.58. The van der Waals surface area contributed by atoms with Crippen molar-refractivity contribution in [2.45, 2.75) is 57.5 Å². The van der Waals surface area contributed by atoms with E-state index in [1.54, 1.807) is 0 Å². The van der Waals surface area contributed by atoms with Gasteiger partial charge < -0.3 is 15.5 Å². The van der Waals surface area contributed by atoms with E-state index in [2.05, 4.69) is 5.32 Å². The monoisotopic (exact) mass is 257 g/mol. The summed E-state index contributed by atoms with van der Waals surface area (Å²) in [7, 11) is 0. The molecule has 0 radical (unpaired) electrons. The van der Waals surface area contributed by atoms with Gasteiger partial charge in [-0.25, -0.2) is 4.79 Å². The van der Waals surface area contributed by atoms with Gasteiger partial charge in [-0.2, -0.15) is 0 Å². The Hall–Kier alpha value is -1.10. The molecular weight excluding hydrogens is 234 g/mol. The van der Waals surface area contributed by atoms with Gasteiger partial charge in [0.25, 0.3) is 0 Å². The summed E-state index contributed by atoms with van der Waals surface area (Å²) in [6, 6.07) is 0. The summed E-state index contributed by atoms with van der Waals surface area (Å²) in [5.74, 6) is -0.747. The average Bonchev–Trinajstić information content (AvgIpc) is 2.79. The molecule has 1 atom stereocenters. The molecule has 0 aliphatic heterocycles. The first kappa shape index (κ1) is 15.0. The third-order valence-electron chi connectivity index (χ3n) is 3.58. The molecule has 0 aromatic heterocycles. The second-order valence-electron chi connectivity index (χ2n) is 5.40. The molecule has 18 heavy (non-hydrogen) atoms. The van der Waals surface area contributed by atoms with Gasteiger partial charge in [0.1, 0.15) is 0 Å². The van der Waals surface area contributed by atoms with Crippen LogP contribution in [0.15, 0.2) is 0 Å². The van der Waals surface area contributed by atoms with Crippen LogP contribution in [-0.4, -0.2) is 34.2 Å². The number of carbonyl (C=O) groups is 2.